The molecule has 0 spiro atoms. The molecule has 2 aromatic carbocycles. The van der Waals surface area contributed by atoms with Crippen molar-refractivity contribution in [3.63, 3.8) is 0 Å². The molecule has 0 saturated heterocycles. The number of hydrogen-bond acceptors (Lipinski definition) is 4. The predicted molar refractivity (Wildman–Crippen MR) is 84.4 cm³/mol. The highest BCUT2D eigenvalue weighted by Crippen LogP contribution is 2.32. The van der Waals surface area contributed by atoms with Gasteiger partial charge in [-0.1, -0.05) is 11.6 Å². The molecule has 2 rings (SSSR count). The van der Waals surface area contributed by atoms with Crippen molar-refractivity contribution >= 4 is 17.3 Å². The molecule has 4 nitrogen and oxygen atoms in total. The summed E-state index contributed by atoms with van der Waals surface area (Å²) in [7, 11) is 0. The Bertz CT molecular complexity index is 631. The minimum absolute atomic E-state index is 0.112. The standard InChI is InChI=1S/C16H18ClNO3/c1-3-21-16-7-4-11(8-14(16)17)18-10(2)13-9-12(19)5-6-15(13)20/h4-10,18-20H,3H2,1-2H3. The zero-order chi connectivity index (χ0) is 15.4. The first kappa shape index (κ1) is 15.3. The Morgan fingerprint density at radius 1 is 1.19 bits per heavy atom. The van der Waals surface area contributed by atoms with Crippen LogP contribution < -0.4 is 10.1 Å². The number of ether oxygens (including phenoxy) is 1. The van der Waals surface area contributed by atoms with Gasteiger partial charge in [0.25, 0.3) is 0 Å². The number of nitrogens with one attached hydrogen (secondary N) is 1. The van der Waals surface area contributed by atoms with Gasteiger partial charge >= 0.3 is 0 Å². The molecule has 3 N–H and O–H groups in total. The topological polar surface area (TPSA) is 61.7 Å². The lowest BCUT2D eigenvalue weighted by molar-refractivity contribution is 0.340. The average molecular weight is 308 g/mol. The highest BCUT2D eigenvalue weighted by Gasteiger charge is 2.12. The quantitative estimate of drug-likeness (QED) is 0.720. The molecule has 5 heteroatoms. The largest absolute Gasteiger partial charge is 0.508 e. The Morgan fingerprint density at radius 2 is 1.95 bits per heavy atom. The van der Waals surface area contributed by atoms with E-state index in [9.17, 15) is 10.2 Å². The number of phenols is 2. The zero-order valence-electron chi connectivity index (χ0n) is 11.9. The van der Waals surface area contributed by atoms with Crippen molar-refractivity contribution in [2.75, 3.05) is 11.9 Å². The van der Waals surface area contributed by atoms with E-state index in [1.807, 2.05) is 19.9 Å². The first-order valence-electron chi connectivity index (χ1n) is 6.72. The van der Waals surface area contributed by atoms with E-state index in [-0.39, 0.29) is 17.5 Å². The average Bonchev–Trinajstić information content (AvgIpc) is 2.44. The third kappa shape index (κ3) is 3.73. The van der Waals surface area contributed by atoms with Crippen molar-refractivity contribution in [1.82, 2.24) is 0 Å². The van der Waals surface area contributed by atoms with Crippen LogP contribution in [0.1, 0.15) is 25.5 Å². The summed E-state index contributed by atoms with van der Waals surface area (Å²) in [6.07, 6.45) is 0. The highest BCUT2D eigenvalue weighted by molar-refractivity contribution is 6.32. The Hall–Kier alpha value is -2.07. The molecule has 21 heavy (non-hydrogen) atoms. The number of benzene rings is 2. The van der Waals surface area contributed by atoms with Crippen molar-refractivity contribution in [2.45, 2.75) is 19.9 Å². The minimum atomic E-state index is -0.189. The fourth-order valence-electron chi connectivity index (χ4n) is 2.08. The van der Waals surface area contributed by atoms with Gasteiger partial charge < -0.3 is 20.3 Å². The molecule has 0 radical (unpaired) electrons. The molecule has 0 aliphatic rings. The number of rotatable bonds is 5. The molecule has 0 saturated carbocycles. The van der Waals surface area contributed by atoms with Crippen LogP contribution >= 0.6 is 11.6 Å². The molecular weight excluding hydrogens is 290 g/mol. The van der Waals surface area contributed by atoms with Crippen LogP contribution in [0.2, 0.25) is 5.02 Å². The molecule has 2 aromatic rings. The van der Waals surface area contributed by atoms with Gasteiger partial charge in [0.15, 0.2) is 0 Å². The molecular formula is C16H18ClNO3. The number of phenolic OH excluding ortho intramolecular Hbond substituents is 2. The predicted octanol–water partition coefficient (Wildman–Crippen LogP) is 4.32. The zero-order valence-corrected chi connectivity index (χ0v) is 12.7. The maximum Gasteiger partial charge on any atom is 0.138 e. The van der Waals surface area contributed by atoms with Crippen molar-refractivity contribution in [1.29, 1.82) is 0 Å². The van der Waals surface area contributed by atoms with Crippen LogP contribution in [0.15, 0.2) is 36.4 Å². The van der Waals surface area contributed by atoms with Gasteiger partial charge in [-0.05, 0) is 50.2 Å². The third-order valence-electron chi connectivity index (χ3n) is 3.09. The second-order valence-corrected chi connectivity index (χ2v) is 5.09. The summed E-state index contributed by atoms with van der Waals surface area (Å²) in [6, 6.07) is 9.67. The summed E-state index contributed by atoms with van der Waals surface area (Å²) >= 11 is 6.14. The van der Waals surface area contributed by atoms with Crippen LogP contribution in [0.25, 0.3) is 0 Å². The SMILES string of the molecule is CCOc1ccc(NC(C)c2cc(O)ccc2O)cc1Cl. The molecule has 0 aliphatic heterocycles. The van der Waals surface area contributed by atoms with Gasteiger partial charge in [-0.25, -0.2) is 0 Å². The summed E-state index contributed by atoms with van der Waals surface area (Å²) < 4.78 is 5.38. The Labute approximate surface area is 129 Å². The maximum absolute atomic E-state index is 9.85. The maximum atomic E-state index is 9.85. The second-order valence-electron chi connectivity index (χ2n) is 4.69. The lowest BCUT2D eigenvalue weighted by Gasteiger charge is -2.18. The van der Waals surface area contributed by atoms with Crippen LogP contribution in [0.3, 0.4) is 0 Å². The van der Waals surface area contributed by atoms with E-state index >= 15 is 0 Å². The summed E-state index contributed by atoms with van der Waals surface area (Å²) in [5.74, 6) is 0.878. The number of aromatic hydroxyl groups is 2. The van der Waals surface area contributed by atoms with E-state index in [1.165, 1.54) is 18.2 Å². The first-order valence-corrected chi connectivity index (χ1v) is 7.09. The smallest absolute Gasteiger partial charge is 0.138 e. The van der Waals surface area contributed by atoms with Crippen molar-refractivity contribution in [3.05, 3.63) is 47.0 Å². The molecule has 0 amide bonds. The molecule has 0 heterocycles. The molecule has 0 bridgehead atoms. The van der Waals surface area contributed by atoms with Gasteiger partial charge in [0.2, 0.25) is 0 Å². The monoisotopic (exact) mass is 307 g/mol. The number of halogens is 1. The minimum Gasteiger partial charge on any atom is -0.508 e. The van der Waals surface area contributed by atoms with E-state index in [1.54, 1.807) is 12.1 Å². The summed E-state index contributed by atoms with van der Waals surface area (Å²) in [6.45, 7) is 4.34. The van der Waals surface area contributed by atoms with E-state index in [0.29, 0.717) is 22.9 Å². The van der Waals surface area contributed by atoms with E-state index in [0.717, 1.165) is 5.69 Å². The van der Waals surface area contributed by atoms with Gasteiger partial charge in [0.1, 0.15) is 17.2 Å². The van der Waals surface area contributed by atoms with E-state index in [4.69, 9.17) is 16.3 Å². The summed E-state index contributed by atoms with van der Waals surface area (Å²) in [4.78, 5) is 0. The van der Waals surface area contributed by atoms with Gasteiger partial charge in [0, 0.05) is 11.3 Å². The van der Waals surface area contributed by atoms with Gasteiger partial charge in [-0.3, -0.25) is 0 Å². The van der Waals surface area contributed by atoms with Crippen LogP contribution in [0, 0.1) is 0 Å². The van der Waals surface area contributed by atoms with Crippen LogP contribution in [0.4, 0.5) is 5.69 Å². The van der Waals surface area contributed by atoms with Crippen LogP contribution in [-0.4, -0.2) is 16.8 Å². The van der Waals surface area contributed by atoms with Crippen LogP contribution in [-0.2, 0) is 0 Å². The molecule has 112 valence electrons. The lowest BCUT2D eigenvalue weighted by Crippen LogP contribution is -2.07. The van der Waals surface area contributed by atoms with Gasteiger partial charge in [0.05, 0.1) is 17.7 Å². The lowest BCUT2D eigenvalue weighted by atomic mass is 10.1. The number of hydrogen-bond donors (Lipinski definition) is 3. The second kappa shape index (κ2) is 6.59. The van der Waals surface area contributed by atoms with Crippen LogP contribution in [0.5, 0.6) is 17.2 Å². The highest BCUT2D eigenvalue weighted by atomic mass is 35.5. The molecule has 0 aromatic heterocycles. The fourth-order valence-corrected chi connectivity index (χ4v) is 2.31. The summed E-state index contributed by atoms with van der Waals surface area (Å²) in [5.41, 5.74) is 1.42. The van der Waals surface area contributed by atoms with Gasteiger partial charge in [-0.2, -0.15) is 0 Å². The molecule has 1 unspecified atom stereocenters. The van der Waals surface area contributed by atoms with Crippen molar-refractivity contribution < 1.29 is 14.9 Å². The van der Waals surface area contributed by atoms with Crippen molar-refractivity contribution in [2.24, 2.45) is 0 Å². The Morgan fingerprint density at radius 3 is 2.62 bits per heavy atom. The first-order chi connectivity index (χ1) is 10.0. The number of anilines is 1. The Kier molecular flexibility index (Phi) is 4.81. The summed E-state index contributed by atoms with van der Waals surface area (Å²) in [5, 5.41) is 23.1. The third-order valence-corrected chi connectivity index (χ3v) is 3.39. The Balaban J connectivity index is 2.17. The van der Waals surface area contributed by atoms with E-state index in [2.05, 4.69) is 5.32 Å². The molecule has 0 fully saturated rings. The molecule has 0 aliphatic carbocycles. The normalized spacial score (nSPS) is 12.0. The molecule has 1 atom stereocenters. The van der Waals surface area contributed by atoms with Crippen molar-refractivity contribution in [3.8, 4) is 17.2 Å². The van der Waals surface area contributed by atoms with E-state index < -0.39 is 0 Å². The fraction of sp³-hybridized carbons (Fsp3) is 0.250. The van der Waals surface area contributed by atoms with Gasteiger partial charge in [-0.15, -0.1) is 0 Å².